The molecule has 0 aromatic heterocycles. The third-order valence-corrected chi connectivity index (χ3v) is 5.41. The highest BCUT2D eigenvalue weighted by Crippen LogP contribution is 2.31. The van der Waals surface area contributed by atoms with Crippen LogP contribution in [0.3, 0.4) is 0 Å². The van der Waals surface area contributed by atoms with Crippen LogP contribution in [0.5, 0.6) is 0 Å². The molecular weight excluding hydrogens is 320 g/mol. The molecule has 0 radical (unpaired) electrons. The molecule has 21 heavy (non-hydrogen) atoms. The Morgan fingerprint density at radius 1 is 1.24 bits per heavy atom. The molecule has 2 rings (SSSR count). The van der Waals surface area contributed by atoms with E-state index in [1.807, 2.05) is 0 Å². The lowest BCUT2D eigenvalue weighted by atomic mass is 10.1. The Morgan fingerprint density at radius 2 is 1.90 bits per heavy atom. The second-order valence-corrected chi connectivity index (χ2v) is 7.90. The minimum absolute atomic E-state index is 0.314. The van der Waals surface area contributed by atoms with E-state index in [2.05, 4.69) is 5.43 Å². The second-order valence-electron chi connectivity index (χ2n) is 5.30. The quantitative estimate of drug-likeness (QED) is 0.861. The van der Waals surface area contributed by atoms with Crippen LogP contribution in [-0.2, 0) is 10.0 Å². The lowest BCUT2D eigenvalue weighted by molar-refractivity contribution is 0.0585. The zero-order chi connectivity index (χ0) is 15.8. The number of benzene rings is 1. The molecule has 0 atom stereocenters. The minimum Gasteiger partial charge on any atom is -0.301 e. The summed E-state index contributed by atoms with van der Waals surface area (Å²) in [5.41, 5.74) is 1.95. The van der Waals surface area contributed by atoms with Crippen molar-refractivity contribution in [3.05, 3.63) is 41.4 Å². The molecule has 1 N–H and O–H groups in total. The van der Waals surface area contributed by atoms with Crippen LogP contribution in [0.15, 0.2) is 34.7 Å². The van der Waals surface area contributed by atoms with Gasteiger partial charge in [-0.3, -0.25) is 0 Å². The number of nitrogens with one attached hydrogen (secondary N) is 1. The summed E-state index contributed by atoms with van der Waals surface area (Å²) in [6.45, 7) is 5.10. The van der Waals surface area contributed by atoms with Crippen molar-refractivity contribution in [1.29, 1.82) is 0 Å². The van der Waals surface area contributed by atoms with Gasteiger partial charge in [0.15, 0.2) is 11.6 Å². The van der Waals surface area contributed by atoms with Crippen molar-refractivity contribution in [1.82, 2.24) is 14.4 Å². The van der Waals surface area contributed by atoms with E-state index in [0.717, 1.165) is 28.5 Å². The van der Waals surface area contributed by atoms with Crippen LogP contribution in [0.25, 0.3) is 0 Å². The number of rotatable bonds is 3. The molecule has 5 nitrogen and oxygen atoms in total. The Labute approximate surface area is 126 Å². The maximum atomic E-state index is 13.3. The Hall–Kier alpha value is -1.16. The van der Waals surface area contributed by atoms with E-state index in [-0.39, 0.29) is 4.90 Å². The number of hydrogen-bond acceptors (Lipinski definition) is 5. The highest BCUT2D eigenvalue weighted by atomic mass is 32.2. The molecule has 1 heterocycles. The Balaban J connectivity index is 2.49. The Bertz CT molecular complexity index is 664. The molecule has 0 spiro atoms. The number of hydrazine groups is 2. The fraction of sp³-hybridized carbons (Fsp3) is 0.333. The molecule has 0 bridgehead atoms. The topological polar surface area (TPSA) is 52.6 Å². The van der Waals surface area contributed by atoms with Gasteiger partial charge < -0.3 is 5.43 Å². The molecule has 1 aromatic carbocycles. The molecule has 0 unspecified atom stereocenters. The zero-order valence-corrected chi connectivity index (χ0v) is 13.3. The molecule has 0 aliphatic carbocycles. The van der Waals surface area contributed by atoms with Crippen molar-refractivity contribution < 1.29 is 17.2 Å². The van der Waals surface area contributed by atoms with E-state index in [1.165, 1.54) is 4.52 Å². The van der Waals surface area contributed by atoms with Crippen molar-refractivity contribution in [3.8, 4) is 0 Å². The molecule has 0 saturated carbocycles. The van der Waals surface area contributed by atoms with E-state index < -0.39 is 27.2 Å². The zero-order valence-electron chi connectivity index (χ0n) is 11.7. The minimum atomic E-state index is -4.05. The molecule has 9 heteroatoms. The fourth-order valence-electron chi connectivity index (χ4n) is 1.78. The maximum Gasteiger partial charge on any atom is 0.258 e. The third-order valence-electron chi connectivity index (χ3n) is 2.57. The number of hydrogen-bond donors (Lipinski definition) is 1. The first-order valence-corrected chi connectivity index (χ1v) is 8.30. The predicted molar refractivity (Wildman–Crippen MR) is 76.8 cm³/mol. The molecule has 1 aliphatic rings. The maximum absolute atomic E-state index is 13.3. The summed E-state index contributed by atoms with van der Waals surface area (Å²) in [4.78, 5) is -0.314. The van der Waals surface area contributed by atoms with Crippen molar-refractivity contribution in [2.45, 2.75) is 31.2 Å². The van der Waals surface area contributed by atoms with Crippen molar-refractivity contribution >= 4 is 22.0 Å². The molecule has 116 valence electrons. The SMILES string of the molecule is CC(C)(C)N(N1NC=CS1)S(=O)(=O)c1ccc(F)c(F)c1. The number of nitrogens with zero attached hydrogens (tertiary/aromatic N) is 2. The average molecular weight is 335 g/mol. The summed E-state index contributed by atoms with van der Waals surface area (Å²) in [7, 11) is -4.05. The highest BCUT2D eigenvalue weighted by Gasteiger charge is 2.40. The van der Waals surface area contributed by atoms with Crippen molar-refractivity contribution in [2.24, 2.45) is 0 Å². The van der Waals surface area contributed by atoms with Crippen LogP contribution in [0.2, 0.25) is 0 Å². The van der Waals surface area contributed by atoms with Gasteiger partial charge in [-0.2, -0.15) is 0 Å². The normalized spacial score (nSPS) is 16.5. The van der Waals surface area contributed by atoms with Crippen LogP contribution in [0.4, 0.5) is 8.78 Å². The first-order chi connectivity index (χ1) is 9.64. The fourth-order valence-corrected chi connectivity index (χ4v) is 4.50. The molecular formula is C12H15F2N3O2S2. The van der Waals surface area contributed by atoms with Crippen LogP contribution in [-0.4, -0.2) is 22.9 Å². The van der Waals surface area contributed by atoms with Gasteiger partial charge >= 0.3 is 0 Å². The van der Waals surface area contributed by atoms with Gasteiger partial charge in [0.2, 0.25) is 0 Å². The van der Waals surface area contributed by atoms with Gasteiger partial charge in [0, 0.05) is 17.1 Å². The third kappa shape index (κ3) is 3.20. The van der Waals surface area contributed by atoms with Crippen molar-refractivity contribution in [2.75, 3.05) is 0 Å². The standard InChI is InChI=1S/C12H15F2N3O2S2/c1-12(2,3)16(17-15-6-7-20-17)21(18,19)9-4-5-10(13)11(14)8-9/h4-8,15H,1-3H3. The Morgan fingerprint density at radius 3 is 2.38 bits per heavy atom. The molecule has 1 aliphatic heterocycles. The van der Waals surface area contributed by atoms with Gasteiger partial charge in [-0.05, 0) is 50.9 Å². The van der Waals surface area contributed by atoms with Gasteiger partial charge in [0.1, 0.15) is 0 Å². The average Bonchev–Trinajstić information content (AvgIpc) is 2.83. The van der Waals surface area contributed by atoms with Crippen LogP contribution >= 0.6 is 11.9 Å². The van der Waals surface area contributed by atoms with Gasteiger partial charge in [0.25, 0.3) is 10.0 Å². The largest absolute Gasteiger partial charge is 0.301 e. The number of sulfonamides is 1. The summed E-state index contributed by atoms with van der Waals surface area (Å²) >= 11 is 1.13. The van der Waals surface area contributed by atoms with Crippen molar-refractivity contribution in [3.63, 3.8) is 0 Å². The summed E-state index contributed by atoms with van der Waals surface area (Å²) < 4.78 is 54.2. The van der Waals surface area contributed by atoms with Gasteiger partial charge in [-0.1, -0.05) is 8.94 Å². The van der Waals surface area contributed by atoms with Crippen LogP contribution in [0.1, 0.15) is 20.8 Å². The lowest BCUT2D eigenvalue weighted by Crippen LogP contribution is -2.55. The summed E-state index contributed by atoms with van der Waals surface area (Å²) in [5, 5.41) is 1.67. The summed E-state index contributed by atoms with van der Waals surface area (Å²) in [6, 6.07) is 2.52. The Kier molecular flexibility index (Phi) is 4.29. The van der Waals surface area contributed by atoms with Crippen LogP contribution in [0, 0.1) is 11.6 Å². The molecule has 0 fully saturated rings. The summed E-state index contributed by atoms with van der Waals surface area (Å²) in [5.74, 6) is -2.29. The van der Waals surface area contributed by atoms with Gasteiger partial charge in [-0.15, -0.1) is 0 Å². The lowest BCUT2D eigenvalue weighted by Gasteiger charge is -2.38. The van der Waals surface area contributed by atoms with Gasteiger partial charge in [0.05, 0.1) is 4.90 Å². The smallest absolute Gasteiger partial charge is 0.258 e. The highest BCUT2D eigenvalue weighted by molar-refractivity contribution is 8.00. The van der Waals surface area contributed by atoms with E-state index >= 15 is 0 Å². The first-order valence-electron chi connectivity index (χ1n) is 6.02. The van der Waals surface area contributed by atoms with E-state index in [9.17, 15) is 17.2 Å². The molecule has 1 aromatic rings. The first kappa shape index (κ1) is 16.2. The monoisotopic (exact) mass is 335 g/mol. The second kappa shape index (κ2) is 5.56. The van der Waals surface area contributed by atoms with Crippen LogP contribution < -0.4 is 5.43 Å². The molecule has 0 saturated heterocycles. The summed E-state index contributed by atoms with van der Waals surface area (Å²) in [6.07, 6.45) is 1.57. The van der Waals surface area contributed by atoms with Gasteiger partial charge in [-0.25, -0.2) is 17.2 Å². The number of halogens is 2. The van der Waals surface area contributed by atoms with E-state index in [4.69, 9.17) is 0 Å². The van der Waals surface area contributed by atoms with E-state index in [1.54, 1.807) is 32.4 Å². The van der Waals surface area contributed by atoms with E-state index in [0.29, 0.717) is 6.07 Å². The molecule has 0 amide bonds. The predicted octanol–water partition coefficient (Wildman–Crippen LogP) is 2.61.